The Morgan fingerprint density at radius 1 is 1.20 bits per heavy atom. The molecule has 7 heteroatoms. The minimum absolute atomic E-state index is 0.0440. The third-order valence-corrected chi connectivity index (χ3v) is 3.86. The van der Waals surface area contributed by atoms with Crippen molar-refractivity contribution in [3.05, 3.63) is 88.0 Å². The van der Waals surface area contributed by atoms with Crippen LogP contribution >= 0.6 is 0 Å². The molecule has 0 aliphatic rings. The maximum absolute atomic E-state index is 12.3. The fourth-order valence-corrected chi connectivity index (χ4v) is 2.54. The van der Waals surface area contributed by atoms with Crippen molar-refractivity contribution in [2.24, 2.45) is 0 Å². The average Bonchev–Trinajstić information content (AvgIpc) is 3.05. The molecule has 1 amide bonds. The highest BCUT2D eigenvalue weighted by atomic mass is 16.6. The Balaban J connectivity index is 1.75. The van der Waals surface area contributed by atoms with Gasteiger partial charge in [0.05, 0.1) is 10.6 Å². The van der Waals surface area contributed by atoms with Crippen molar-refractivity contribution in [1.82, 2.24) is 14.9 Å². The van der Waals surface area contributed by atoms with Crippen LogP contribution in [0.2, 0.25) is 0 Å². The smallest absolute Gasteiger partial charge is 0.269 e. The van der Waals surface area contributed by atoms with Crippen LogP contribution in [0.1, 0.15) is 21.7 Å². The van der Waals surface area contributed by atoms with Crippen LogP contribution in [0.5, 0.6) is 0 Å². The first-order valence-electron chi connectivity index (χ1n) is 7.67. The summed E-state index contributed by atoms with van der Waals surface area (Å²) in [6.07, 6.45) is 3.59. The van der Waals surface area contributed by atoms with E-state index in [1.165, 1.54) is 24.3 Å². The molecule has 1 heterocycles. The first kappa shape index (κ1) is 16.4. The van der Waals surface area contributed by atoms with Gasteiger partial charge in [-0.1, -0.05) is 18.2 Å². The second-order valence-electron chi connectivity index (χ2n) is 5.46. The number of carbonyl (C=O) groups excluding carboxylic acids is 1. The number of non-ortho nitro benzene ring substituents is 1. The number of hydrogen-bond acceptors (Lipinski definition) is 4. The van der Waals surface area contributed by atoms with E-state index in [9.17, 15) is 14.9 Å². The van der Waals surface area contributed by atoms with Gasteiger partial charge in [-0.15, -0.1) is 0 Å². The van der Waals surface area contributed by atoms with Crippen LogP contribution < -0.4 is 5.32 Å². The molecule has 0 bridgehead atoms. The lowest BCUT2D eigenvalue weighted by molar-refractivity contribution is -0.384. The largest absolute Gasteiger partial charge is 0.348 e. The second-order valence-corrected chi connectivity index (χ2v) is 5.46. The number of nitro benzene ring substituents is 1. The molecule has 2 aromatic carbocycles. The van der Waals surface area contributed by atoms with Gasteiger partial charge < -0.3 is 9.88 Å². The summed E-state index contributed by atoms with van der Waals surface area (Å²) in [5, 5.41) is 13.5. The van der Waals surface area contributed by atoms with E-state index in [4.69, 9.17) is 0 Å². The molecular formula is C18H16N4O3. The number of amides is 1. The molecule has 0 saturated heterocycles. The molecule has 0 atom stereocenters. The number of para-hydroxylation sites is 1. The molecule has 0 saturated carbocycles. The van der Waals surface area contributed by atoms with Crippen molar-refractivity contribution in [3.8, 4) is 5.69 Å². The molecule has 0 spiro atoms. The molecule has 7 nitrogen and oxygen atoms in total. The fourth-order valence-electron chi connectivity index (χ4n) is 2.54. The highest BCUT2D eigenvalue weighted by Gasteiger charge is 2.11. The summed E-state index contributed by atoms with van der Waals surface area (Å²) in [6.45, 7) is 2.25. The van der Waals surface area contributed by atoms with Crippen molar-refractivity contribution in [1.29, 1.82) is 0 Å². The number of nitrogens with zero attached hydrogens (tertiary/aromatic N) is 3. The molecule has 0 fully saturated rings. The lowest BCUT2D eigenvalue weighted by Gasteiger charge is -2.12. The third kappa shape index (κ3) is 3.55. The molecule has 0 aliphatic heterocycles. The summed E-state index contributed by atoms with van der Waals surface area (Å²) in [5.41, 5.74) is 2.22. The lowest BCUT2D eigenvalue weighted by atomic mass is 10.1. The zero-order valence-corrected chi connectivity index (χ0v) is 13.5. The zero-order chi connectivity index (χ0) is 17.8. The first-order chi connectivity index (χ1) is 12.1. The number of hydrogen-bond donors (Lipinski definition) is 1. The Morgan fingerprint density at radius 3 is 2.56 bits per heavy atom. The predicted molar refractivity (Wildman–Crippen MR) is 92.6 cm³/mol. The van der Waals surface area contributed by atoms with E-state index in [1.54, 1.807) is 6.20 Å². The van der Waals surface area contributed by atoms with E-state index in [2.05, 4.69) is 10.3 Å². The standard InChI is InChI=1S/C18H16N4O3/c1-13-19-10-11-21(13)17-5-3-2-4-15(17)12-20-18(23)14-6-8-16(9-7-14)22(24)25/h2-11H,12H2,1H3,(H,20,23). The zero-order valence-electron chi connectivity index (χ0n) is 13.5. The van der Waals surface area contributed by atoms with Crippen molar-refractivity contribution in [2.75, 3.05) is 0 Å². The highest BCUT2D eigenvalue weighted by molar-refractivity contribution is 5.94. The number of aryl methyl sites for hydroxylation is 1. The van der Waals surface area contributed by atoms with E-state index in [0.29, 0.717) is 12.1 Å². The average molecular weight is 336 g/mol. The Hall–Kier alpha value is -3.48. The minimum atomic E-state index is -0.495. The van der Waals surface area contributed by atoms with Crippen LogP contribution in [0.15, 0.2) is 60.9 Å². The van der Waals surface area contributed by atoms with Gasteiger partial charge in [0, 0.05) is 36.6 Å². The summed E-state index contributed by atoms with van der Waals surface area (Å²) in [4.78, 5) is 26.7. The van der Waals surface area contributed by atoms with Gasteiger partial charge in [-0.3, -0.25) is 14.9 Å². The normalized spacial score (nSPS) is 10.4. The van der Waals surface area contributed by atoms with Gasteiger partial charge in [-0.25, -0.2) is 4.98 Å². The van der Waals surface area contributed by atoms with Gasteiger partial charge in [-0.05, 0) is 30.7 Å². The third-order valence-electron chi connectivity index (χ3n) is 3.86. The Bertz CT molecular complexity index is 916. The van der Waals surface area contributed by atoms with Crippen molar-refractivity contribution in [3.63, 3.8) is 0 Å². The van der Waals surface area contributed by atoms with Gasteiger partial charge in [0.25, 0.3) is 11.6 Å². The second kappa shape index (κ2) is 6.96. The number of rotatable bonds is 5. The molecule has 25 heavy (non-hydrogen) atoms. The van der Waals surface area contributed by atoms with Crippen molar-refractivity contribution in [2.45, 2.75) is 13.5 Å². The maximum Gasteiger partial charge on any atom is 0.269 e. The number of nitro groups is 1. The summed E-state index contributed by atoms with van der Waals surface area (Å²) in [6, 6.07) is 13.3. The minimum Gasteiger partial charge on any atom is -0.348 e. The molecule has 3 aromatic rings. The van der Waals surface area contributed by atoms with Gasteiger partial charge >= 0.3 is 0 Å². The van der Waals surface area contributed by atoms with Crippen LogP contribution in [-0.4, -0.2) is 20.4 Å². The Kier molecular flexibility index (Phi) is 4.56. The molecule has 1 N–H and O–H groups in total. The van der Waals surface area contributed by atoms with Gasteiger partial charge in [0.15, 0.2) is 0 Å². The molecule has 0 aliphatic carbocycles. The number of aromatic nitrogens is 2. The molecule has 1 aromatic heterocycles. The Morgan fingerprint density at radius 2 is 1.92 bits per heavy atom. The van der Waals surface area contributed by atoms with E-state index < -0.39 is 4.92 Å². The number of imidazole rings is 1. The number of carbonyl (C=O) groups is 1. The number of benzene rings is 2. The van der Waals surface area contributed by atoms with Crippen LogP contribution in [0.3, 0.4) is 0 Å². The highest BCUT2D eigenvalue weighted by Crippen LogP contribution is 2.16. The van der Waals surface area contributed by atoms with Crippen LogP contribution in [0, 0.1) is 17.0 Å². The van der Waals surface area contributed by atoms with Gasteiger partial charge in [-0.2, -0.15) is 0 Å². The molecule has 0 radical (unpaired) electrons. The van der Waals surface area contributed by atoms with E-state index >= 15 is 0 Å². The quantitative estimate of drug-likeness (QED) is 0.573. The van der Waals surface area contributed by atoms with Crippen LogP contribution in [0.25, 0.3) is 5.69 Å². The SMILES string of the molecule is Cc1nccn1-c1ccccc1CNC(=O)c1ccc([N+](=O)[O-])cc1. The Labute approximate surface area is 144 Å². The summed E-state index contributed by atoms with van der Waals surface area (Å²) in [7, 11) is 0. The van der Waals surface area contributed by atoms with Gasteiger partial charge in [0.2, 0.25) is 0 Å². The molecule has 0 unspecified atom stereocenters. The number of nitrogens with one attached hydrogen (secondary N) is 1. The van der Waals surface area contributed by atoms with Crippen LogP contribution in [0.4, 0.5) is 5.69 Å². The molecule has 126 valence electrons. The van der Waals surface area contributed by atoms with Crippen molar-refractivity contribution >= 4 is 11.6 Å². The van der Waals surface area contributed by atoms with E-state index in [1.807, 2.05) is 42.0 Å². The van der Waals surface area contributed by atoms with E-state index in [0.717, 1.165) is 17.1 Å². The fraction of sp³-hybridized carbons (Fsp3) is 0.111. The molecular weight excluding hydrogens is 320 g/mol. The first-order valence-corrected chi connectivity index (χ1v) is 7.67. The monoisotopic (exact) mass is 336 g/mol. The van der Waals surface area contributed by atoms with Crippen molar-refractivity contribution < 1.29 is 9.72 Å². The van der Waals surface area contributed by atoms with Crippen LogP contribution in [-0.2, 0) is 6.54 Å². The lowest BCUT2D eigenvalue weighted by Crippen LogP contribution is -2.23. The summed E-state index contributed by atoms with van der Waals surface area (Å²) < 4.78 is 1.95. The predicted octanol–water partition coefficient (Wildman–Crippen LogP) is 3.02. The summed E-state index contributed by atoms with van der Waals surface area (Å²) >= 11 is 0. The maximum atomic E-state index is 12.3. The van der Waals surface area contributed by atoms with E-state index in [-0.39, 0.29) is 11.6 Å². The van der Waals surface area contributed by atoms with Gasteiger partial charge in [0.1, 0.15) is 5.82 Å². The topological polar surface area (TPSA) is 90.1 Å². The molecule has 3 rings (SSSR count). The summed E-state index contributed by atoms with van der Waals surface area (Å²) in [5.74, 6) is 0.571.